The van der Waals surface area contributed by atoms with Gasteiger partial charge in [0.2, 0.25) is 0 Å². The van der Waals surface area contributed by atoms with Crippen LogP contribution in [0.5, 0.6) is 0 Å². The van der Waals surface area contributed by atoms with Crippen LogP contribution in [-0.2, 0) is 14.9 Å². The van der Waals surface area contributed by atoms with Crippen LogP contribution in [0.2, 0.25) is 5.02 Å². The molecule has 19 heavy (non-hydrogen) atoms. The molecule has 0 aromatic heterocycles. The van der Waals surface area contributed by atoms with E-state index in [4.69, 9.17) is 21.1 Å². The van der Waals surface area contributed by atoms with E-state index in [0.717, 1.165) is 50.8 Å². The monoisotopic (exact) mass is 283 g/mol. The molecule has 0 bridgehead atoms. The maximum atomic E-state index is 6.39. The molecule has 1 aromatic carbocycles. The number of methoxy groups -OCH3 is 1. The van der Waals surface area contributed by atoms with E-state index in [9.17, 15) is 0 Å². The van der Waals surface area contributed by atoms with Crippen LogP contribution >= 0.6 is 11.6 Å². The van der Waals surface area contributed by atoms with E-state index in [1.807, 2.05) is 12.1 Å². The normalized spacial score (nSPS) is 18.4. The van der Waals surface area contributed by atoms with E-state index in [-0.39, 0.29) is 5.41 Å². The molecule has 1 fully saturated rings. The maximum Gasteiger partial charge on any atom is 0.0587 e. The molecule has 1 saturated heterocycles. The van der Waals surface area contributed by atoms with Crippen molar-refractivity contribution in [1.29, 1.82) is 0 Å². The van der Waals surface area contributed by atoms with Crippen molar-refractivity contribution in [3.63, 3.8) is 0 Å². The van der Waals surface area contributed by atoms with Crippen molar-refractivity contribution in [2.24, 2.45) is 0 Å². The number of hydrogen-bond acceptors (Lipinski definition) is 3. The van der Waals surface area contributed by atoms with Crippen molar-refractivity contribution in [3.05, 3.63) is 34.9 Å². The van der Waals surface area contributed by atoms with Crippen molar-refractivity contribution in [3.8, 4) is 0 Å². The molecule has 4 heteroatoms. The summed E-state index contributed by atoms with van der Waals surface area (Å²) in [6.07, 6.45) is 2.02. The van der Waals surface area contributed by atoms with Gasteiger partial charge in [-0.2, -0.15) is 0 Å². The zero-order valence-corrected chi connectivity index (χ0v) is 12.2. The van der Waals surface area contributed by atoms with Crippen molar-refractivity contribution in [2.75, 3.05) is 40.0 Å². The average molecular weight is 284 g/mol. The smallest absolute Gasteiger partial charge is 0.0587 e. The molecule has 0 spiro atoms. The highest BCUT2D eigenvalue weighted by atomic mass is 35.5. The molecule has 0 saturated carbocycles. The lowest BCUT2D eigenvalue weighted by atomic mass is 9.74. The van der Waals surface area contributed by atoms with Crippen molar-refractivity contribution in [1.82, 2.24) is 5.32 Å². The summed E-state index contributed by atoms with van der Waals surface area (Å²) in [5.74, 6) is 0. The third kappa shape index (κ3) is 3.69. The van der Waals surface area contributed by atoms with Gasteiger partial charge in [-0.05, 0) is 24.5 Å². The largest absolute Gasteiger partial charge is 0.383 e. The van der Waals surface area contributed by atoms with Crippen molar-refractivity contribution in [2.45, 2.75) is 18.3 Å². The molecule has 106 valence electrons. The SMILES string of the molecule is COCCNCC1(c2ccccc2Cl)CCOCC1. The minimum Gasteiger partial charge on any atom is -0.383 e. The number of rotatable bonds is 6. The predicted molar refractivity (Wildman–Crippen MR) is 77.9 cm³/mol. The minimum absolute atomic E-state index is 0.0876. The maximum absolute atomic E-state index is 6.39. The quantitative estimate of drug-likeness (QED) is 0.814. The highest BCUT2D eigenvalue weighted by molar-refractivity contribution is 6.31. The second kappa shape index (κ2) is 7.25. The lowest BCUT2D eigenvalue weighted by Gasteiger charge is -2.38. The van der Waals surface area contributed by atoms with Crippen LogP contribution in [-0.4, -0.2) is 40.0 Å². The Morgan fingerprint density at radius 2 is 2.05 bits per heavy atom. The minimum atomic E-state index is 0.0876. The van der Waals surface area contributed by atoms with Gasteiger partial charge in [-0.3, -0.25) is 0 Å². The summed E-state index contributed by atoms with van der Waals surface area (Å²) in [6, 6.07) is 8.17. The fourth-order valence-corrected chi connectivity index (χ4v) is 3.03. The van der Waals surface area contributed by atoms with Crippen LogP contribution in [0.25, 0.3) is 0 Å². The highest BCUT2D eigenvalue weighted by Crippen LogP contribution is 2.38. The predicted octanol–water partition coefficient (Wildman–Crippen LogP) is 2.62. The molecule has 0 atom stereocenters. The summed E-state index contributed by atoms with van der Waals surface area (Å²) in [5, 5.41) is 4.34. The van der Waals surface area contributed by atoms with Gasteiger partial charge in [0.1, 0.15) is 0 Å². The molecule has 0 radical (unpaired) electrons. The topological polar surface area (TPSA) is 30.5 Å². The first-order valence-corrected chi connectivity index (χ1v) is 7.19. The second-order valence-corrected chi connectivity index (χ2v) is 5.45. The van der Waals surface area contributed by atoms with Crippen molar-refractivity contribution < 1.29 is 9.47 Å². The molecule has 3 nitrogen and oxygen atoms in total. The van der Waals surface area contributed by atoms with E-state index in [1.54, 1.807) is 7.11 Å². The molecule has 1 heterocycles. The Morgan fingerprint density at radius 1 is 1.32 bits per heavy atom. The Bertz CT molecular complexity index is 391. The summed E-state index contributed by atoms with van der Waals surface area (Å²) < 4.78 is 10.6. The fourth-order valence-electron chi connectivity index (χ4n) is 2.70. The van der Waals surface area contributed by atoms with Crippen LogP contribution in [0.3, 0.4) is 0 Å². The molecule has 1 aliphatic rings. The van der Waals surface area contributed by atoms with Crippen LogP contribution in [0.15, 0.2) is 24.3 Å². The van der Waals surface area contributed by atoms with E-state index in [1.165, 1.54) is 5.56 Å². The third-order valence-electron chi connectivity index (χ3n) is 3.84. The van der Waals surface area contributed by atoms with Gasteiger partial charge in [-0.1, -0.05) is 29.8 Å². The lowest BCUT2D eigenvalue weighted by molar-refractivity contribution is 0.0493. The van der Waals surface area contributed by atoms with Gasteiger partial charge in [-0.25, -0.2) is 0 Å². The first-order chi connectivity index (χ1) is 9.28. The van der Waals surface area contributed by atoms with E-state index in [2.05, 4.69) is 17.4 Å². The molecule has 0 aliphatic carbocycles. The molecular weight excluding hydrogens is 262 g/mol. The summed E-state index contributed by atoms with van der Waals surface area (Å²) in [7, 11) is 1.72. The molecule has 2 rings (SSSR count). The van der Waals surface area contributed by atoms with Crippen LogP contribution in [0.1, 0.15) is 18.4 Å². The van der Waals surface area contributed by atoms with Crippen molar-refractivity contribution >= 4 is 11.6 Å². The summed E-state index contributed by atoms with van der Waals surface area (Å²) in [6.45, 7) is 4.12. The Labute approximate surface area is 120 Å². The molecule has 0 amide bonds. The Balaban J connectivity index is 2.12. The summed E-state index contributed by atoms with van der Waals surface area (Å²) >= 11 is 6.39. The Kier molecular flexibility index (Phi) is 5.64. The van der Waals surface area contributed by atoms with Gasteiger partial charge in [0, 0.05) is 43.9 Å². The molecule has 0 unspecified atom stereocenters. The lowest BCUT2D eigenvalue weighted by Crippen LogP contribution is -2.43. The van der Waals surface area contributed by atoms with Crippen LogP contribution < -0.4 is 5.32 Å². The zero-order chi connectivity index (χ0) is 13.6. The van der Waals surface area contributed by atoms with Gasteiger partial charge < -0.3 is 14.8 Å². The second-order valence-electron chi connectivity index (χ2n) is 5.04. The van der Waals surface area contributed by atoms with Gasteiger partial charge in [-0.15, -0.1) is 0 Å². The Morgan fingerprint density at radius 3 is 2.74 bits per heavy atom. The van der Waals surface area contributed by atoms with Gasteiger partial charge >= 0.3 is 0 Å². The third-order valence-corrected chi connectivity index (χ3v) is 4.17. The summed E-state index contributed by atoms with van der Waals surface area (Å²) in [5.41, 5.74) is 1.33. The average Bonchev–Trinajstić information content (AvgIpc) is 2.45. The van der Waals surface area contributed by atoms with Crippen LogP contribution in [0.4, 0.5) is 0 Å². The van der Waals surface area contributed by atoms with Gasteiger partial charge in [0.05, 0.1) is 6.61 Å². The van der Waals surface area contributed by atoms with E-state index >= 15 is 0 Å². The molecule has 1 N–H and O–H groups in total. The zero-order valence-electron chi connectivity index (χ0n) is 11.5. The highest BCUT2D eigenvalue weighted by Gasteiger charge is 2.35. The number of ether oxygens (including phenoxy) is 2. The molecule has 1 aromatic rings. The summed E-state index contributed by atoms with van der Waals surface area (Å²) in [4.78, 5) is 0. The number of hydrogen-bond donors (Lipinski definition) is 1. The first-order valence-electron chi connectivity index (χ1n) is 6.81. The van der Waals surface area contributed by atoms with Gasteiger partial charge in [0.25, 0.3) is 0 Å². The standard InChI is InChI=1S/C15H22ClNO2/c1-18-11-8-17-12-15(6-9-19-10-7-15)13-4-2-3-5-14(13)16/h2-5,17H,6-12H2,1H3. The fraction of sp³-hybridized carbons (Fsp3) is 0.600. The number of nitrogens with one attached hydrogen (secondary N) is 1. The number of halogens is 1. The van der Waals surface area contributed by atoms with Crippen LogP contribution in [0, 0.1) is 0 Å². The van der Waals surface area contributed by atoms with Gasteiger partial charge in [0.15, 0.2) is 0 Å². The Hall–Kier alpha value is -0.610. The first kappa shape index (κ1) is 14.8. The molecule has 1 aliphatic heterocycles. The molecular formula is C15H22ClNO2. The number of benzene rings is 1. The van der Waals surface area contributed by atoms with E-state index in [0.29, 0.717) is 0 Å². The van der Waals surface area contributed by atoms with E-state index < -0.39 is 0 Å².